The van der Waals surface area contributed by atoms with E-state index in [0.29, 0.717) is 12.1 Å². The Balaban J connectivity index is 1.62. The standard InChI is InChI=1S/C17H23N3O/c1-4-21-16-9-15(17(16,2)3)19-11-12-10-18-13-7-5-6-8-14(13)20-12/h5-8,10,15-16,19H,4,9,11H2,1-3H3. The molecule has 0 spiro atoms. The number of nitrogens with zero attached hydrogens (tertiary/aromatic N) is 2. The summed E-state index contributed by atoms with van der Waals surface area (Å²) in [7, 11) is 0. The summed E-state index contributed by atoms with van der Waals surface area (Å²) in [6, 6.07) is 8.45. The van der Waals surface area contributed by atoms with E-state index in [2.05, 4.69) is 36.1 Å². The van der Waals surface area contributed by atoms with Crippen molar-refractivity contribution >= 4 is 11.0 Å². The first-order valence-corrected chi connectivity index (χ1v) is 7.67. The van der Waals surface area contributed by atoms with E-state index in [9.17, 15) is 0 Å². The van der Waals surface area contributed by atoms with Gasteiger partial charge in [0.1, 0.15) is 0 Å². The van der Waals surface area contributed by atoms with Crippen LogP contribution in [0.4, 0.5) is 0 Å². The molecule has 0 saturated heterocycles. The Bertz CT molecular complexity index is 626. The first kappa shape index (κ1) is 14.4. The molecule has 21 heavy (non-hydrogen) atoms. The maximum absolute atomic E-state index is 5.77. The van der Waals surface area contributed by atoms with Crippen LogP contribution in [0, 0.1) is 5.41 Å². The Morgan fingerprint density at radius 2 is 2.05 bits per heavy atom. The van der Waals surface area contributed by atoms with Crippen LogP contribution in [0.5, 0.6) is 0 Å². The Kier molecular flexibility index (Phi) is 3.91. The van der Waals surface area contributed by atoms with Crippen molar-refractivity contribution in [3.05, 3.63) is 36.2 Å². The highest BCUT2D eigenvalue weighted by Crippen LogP contribution is 2.42. The number of ether oxygens (including phenoxy) is 1. The van der Waals surface area contributed by atoms with Crippen molar-refractivity contribution in [1.29, 1.82) is 0 Å². The van der Waals surface area contributed by atoms with Crippen molar-refractivity contribution < 1.29 is 4.74 Å². The zero-order valence-corrected chi connectivity index (χ0v) is 13.0. The molecule has 1 heterocycles. The molecule has 2 unspecified atom stereocenters. The van der Waals surface area contributed by atoms with Gasteiger partial charge in [0.05, 0.1) is 29.0 Å². The summed E-state index contributed by atoms with van der Waals surface area (Å²) in [5.74, 6) is 0. The lowest BCUT2D eigenvalue weighted by Crippen LogP contribution is -2.60. The van der Waals surface area contributed by atoms with Gasteiger partial charge in [-0.2, -0.15) is 0 Å². The molecule has 2 atom stereocenters. The molecule has 0 radical (unpaired) electrons. The maximum Gasteiger partial charge on any atom is 0.0890 e. The second kappa shape index (κ2) is 5.70. The largest absolute Gasteiger partial charge is 0.378 e. The molecule has 2 aromatic rings. The van der Waals surface area contributed by atoms with Crippen LogP contribution in [0.25, 0.3) is 11.0 Å². The lowest BCUT2D eigenvalue weighted by atomic mass is 9.64. The Labute approximate surface area is 125 Å². The zero-order chi connectivity index (χ0) is 14.9. The van der Waals surface area contributed by atoms with E-state index in [1.54, 1.807) is 0 Å². The molecule has 4 nitrogen and oxygen atoms in total. The minimum absolute atomic E-state index is 0.181. The molecule has 0 amide bonds. The number of rotatable bonds is 5. The number of benzene rings is 1. The van der Waals surface area contributed by atoms with Crippen molar-refractivity contribution in [2.45, 2.75) is 45.9 Å². The van der Waals surface area contributed by atoms with Crippen molar-refractivity contribution in [2.24, 2.45) is 5.41 Å². The van der Waals surface area contributed by atoms with Crippen LogP contribution in [0.3, 0.4) is 0 Å². The topological polar surface area (TPSA) is 47.0 Å². The number of hydrogen-bond donors (Lipinski definition) is 1. The van der Waals surface area contributed by atoms with Crippen LogP contribution < -0.4 is 5.32 Å². The van der Waals surface area contributed by atoms with Gasteiger partial charge in [0.15, 0.2) is 0 Å². The van der Waals surface area contributed by atoms with Gasteiger partial charge in [-0.05, 0) is 25.5 Å². The predicted octanol–water partition coefficient (Wildman–Crippen LogP) is 2.92. The van der Waals surface area contributed by atoms with E-state index in [1.165, 1.54) is 0 Å². The van der Waals surface area contributed by atoms with Crippen LogP contribution in [-0.4, -0.2) is 28.7 Å². The number of aromatic nitrogens is 2. The first-order valence-electron chi connectivity index (χ1n) is 7.67. The Morgan fingerprint density at radius 3 is 2.76 bits per heavy atom. The summed E-state index contributed by atoms with van der Waals surface area (Å²) in [5, 5.41) is 3.60. The average molecular weight is 285 g/mol. The van der Waals surface area contributed by atoms with Gasteiger partial charge < -0.3 is 10.1 Å². The molecule has 0 bridgehead atoms. The third-order valence-electron chi connectivity index (χ3n) is 4.57. The molecule has 1 N–H and O–H groups in total. The average Bonchev–Trinajstić information content (AvgIpc) is 2.50. The normalized spacial score (nSPS) is 24.0. The molecule has 1 aromatic heterocycles. The maximum atomic E-state index is 5.77. The minimum atomic E-state index is 0.181. The fourth-order valence-corrected chi connectivity index (χ4v) is 3.02. The summed E-state index contributed by atoms with van der Waals surface area (Å²) in [4.78, 5) is 9.11. The minimum Gasteiger partial charge on any atom is -0.378 e. The third kappa shape index (κ3) is 2.78. The second-order valence-electron chi connectivity index (χ2n) is 6.28. The smallest absolute Gasteiger partial charge is 0.0890 e. The first-order chi connectivity index (χ1) is 10.1. The Hall–Kier alpha value is -1.52. The number of fused-ring (bicyclic) bond motifs is 1. The van der Waals surface area contributed by atoms with Crippen molar-refractivity contribution in [3.63, 3.8) is 0 Å². The van der Waals surface area contributed by atoms with E-state index in [1.807, 2.05) is 30.5 Å². The molecule has 4 heteroatoms. The lowest BCUT2D eigenvalue weighted by molar-refractivity contribution is -0.114. The summed E-state index contributed by atoms with van der Waals surface area (Å²) in [5.41, 5.74) is 3.07. The summed E-state index contributed by atoms with van der Waals surface area (Å²) in [6.07, 6.45) is 3.30. The van der Waals surface area contributed by atoms with E-state index >= 15 is 0 Å². The summed E-state index contributed by atoms with van der Waals surface area (Å²) in [6.45, 7) is 8.13. The van der Waals surface area contributed by atoms with Gasteiger partial charge in [-0.25, -0.2) is 4.98 Å². The monoisotopic (exact) mass is 285 g/mol. The van der Waals surface area contributed by atoms with Crippen LogP contribution in [0.1, 0.15) is 32.9 Å². The molecular formula is C17H23N3O. The number of para-hydroxylation sites is 2. The van der Waals surface area contributed by atoms with E-state index in [0.717, 1.165) is 36.3 Å². The van der Waals surface area contributed by atoms with Crippen molar-refractivity contribution in [3.8, 4) is 0 Å². The molecule has 112 valence electrons. The van der Waals surface area contributed by atoms with Gasteiger partial charge in [0.25, 0.3) is 0 Å². The lowest BCUT2D eigenvalue weighted by Gasteiger charge is -2.51. The van der Waals surface area contributed by atoms with Crippen molar-refractivity contribution in [1.82, 2.24) is 15.3 Å². The van der Waals surface area contributed by atoms with E-state index in [-0.39, 0.29) is 5.41 Å². The van der Waals surface area contributed by atoms with Gasteiger partial charge >= 0.3 is 0 Å². The highest BCUT2D eigenvalue weighted by Gasteiger charge is 2.48. The number of nitrogens with one attached hydrogen (secondary N) is 1. The SMILES string of the molecule is CCOC1CC(NCc2cnc3ccccc3n2)C1(C)C. The van der Waals surface area contributed by atoms with Crippen molar-refractivity contribution in [2.75, 3.05) is 6.61 Å². The van der Waals surface area contributed by atoms with E-state index in [4.69, 9.17) is 4.74 Å². The Morgan fingerprint density at radius 1 is 1.29 bits per heavy atom. The molecule has 3 rings (SSSR count). The van der Waals surface area contributed by atoms with Crippen LogP contribution in [0.15, 0.2) is 30.5 Å². The molecule has 1 aliphatic carbocycles. The highest BCUT2D eigenvalue weighted by molar-refractivity contribution is 5.73. The van der Waals surface area contributed by atoms with Gasteiger partial charge in [-0.15, -0.1) is 0 Å². The van der Waals surface area contributed by atoms with Crippen LogP contribution >= 0.6 is 0 Å². The molecule has 1 aliphatic rings. The predicted molar refractivity (Wildman–Crippen MR) is 84.0 cm³/mol. The van der Waals surface area contributed by atoms with E-state index < -0.39 is 0 Å². The zero-order valence-electron chi connectivity index (χ0n) is 13.0. The highest BCUT2D eigenvalue weighted by atomic mass is 16.5. The molecule has 0 aliphatic heterocycles. The summed E-state index contributed by atoms with van der Waals surface area (Å²) < 4.78 is 5.77. The second-order valence-corrected chi connectivity index (χ2v) is 6.28. The third-order valence-corrected chi connectivity index (χ3v) is 4.57. The van der Waals surface area contributed by atoms with Gasteiger partial charge in [0.2, 0.25) is 0 Å². The van der Waals surface area contributed by atoms with Crippen LogP contribution in [-0.2, 0) is 11.3 Å². The molecule has 1 fully saturated rings. The molecule has 1 saturated carbocycles. The number of hydrogen-bond acceptors (Lipinski definition) is 4. The van der Waals surface area contributed by atoms with Gasteiger partial charge in [-0.3, -0.25) is 4.98 Å². The molecular weight excluding hydrogens is 262 g/mol. The quantitative estimate of drug-likeness (QED) is 0.917. The van der Waals surface area contributed by atoms with Gasteiger partial charge in [0, 0.05) is 24.6 Å². The fraction of sp³-hybridized carbons (Fsp3) is 0.529. The molecule has 1 aromatic carbocycles. The van der Waals surface area contributed by atoms with Gasteiger partial charge in [-0.1, -0.05) is 26.0 Å². The summed E-state index contributed by atoms with van der Waals surface area (Å²) >= 11 is 0. The van der Waals surface area contributed by atoms with Crippen LogP contribution in [0.2, 0.25) is 0 Å². The fourth-order valence-electron chi connectivity index (χ4n) is 3.02.